The van der Waals surface area contributed by atoms with Crippen molar-refractivity contribution in [3.63, 3.8) is 0 Å². The number of phenolic OH excluding ortho intramolecular Hbond substituents is 2. The van der Waals surface area contributed by atoms with Crippen LogP contribution in [0.2, 0.25) is 0 Å². The van der Waals surface area contributed by atoms with Crippen molar-refractivity contribution in [2.24, 2.45) is 5.10 Å². The molecule has 0 heterocycles. The molecule has 0 aliphatic rings. The minimum atomic E-state index is -4.03. The molecule has 0 fully saturated rings. The van der Waals surface area contributed by atoms with Gasteiger partial charge in [0.2, 0.25) is 0 Å². The van der Waals surface area contributed by atoms with E-state index in [0.717, 1.165) is 6.21 Å². The molecule has 0 atom stereocenters. The molecule has 2 rings (SSSR count). The lowest BCUT2D eigenvalue weighted by Crippen LogP contribution is -2.19. The van der Waals surface area contributed by atoms with Gasteiger partial charge in [-0.15, -0.1) is 0 Å². The van der Waals surface area contributed by atoms with Crippen molar-refractivity contribution in [2.45, 2.75) is 4.90 Å². The Hall–Kier alpha value is -2.94. The third-order valence-electron chi connectivity index (χ3n) is 3.08. The minimum absolute atomic E-state index is 0.124. The monoisotopic (exact) mass is 352 g/mol. The van der Waals surface area contributed by atoms with Crippen LogP contribution in [-0.2, 0) is 10.0 Å². The Kier molecular flexibility index (Phi) is 5.14. The summed E-state index contributed by atoms with van der Waals surface area (Å²) in [7, 11) is -1.27. The number of aromatic hydroxyl groups is 2. The van der Waals surface area contributed by atoms with Crippen LogP contribution in [0.25, 0.3) is 0 Å². The second kappa shape index (κ2) is 7.09. The Labute approximate surface area is 139 Å². The number of methoxy groups -OCH3 is 2. The van der Waals surface area contributed by atoms with Crippen molar-refractivity contribution in [1.29, 1.82) is 0 Å². The van der Waals surface area contributed by atoms with Gasteiger partial charge in [0.05, 0.1) is 20.4 Å². The highest BCUT2D eigenvalue weighted by molar-refractivity contribution is 7.89. The Morgan fingerprint density at radius 3 is 2.54 bits per heavy atom. The number of hydrazone groups is 1. The largest absolute Gasteiger partial charge is 0.504 e. The summed E-state index contributed by atoms with van der Waals surface area (Å²) in [5.41, 5.74) is 0.148. The number of ether oxygens (including phenoxy) is 2. The molecule has 0 aromatic heterocycles. The molecule has 0 saturated heterocycles. The first-order valence-electron chi connectivity index (χ1n) is 6.67. The molecular formula is C15H16N2O6S. The van der Waals surface area contributed by atoms with E-state index in [4.69, 9.17) is 9.47 Å². The van der Waals surface area contributed by atoms with E-state index in [1.54, 1.807) is 6.07 Å². The molecule has 0 bridgehead atoms. The van der Waals surface area contributed by atoms with Crippen molar-refractivity contribution in [1.82, 2.24) is 4.83 Å². The number of benzene rings is 2. The maximum atomic E-state index is 12.3. The third-order valence-corrected chi connectivity index (χ3v) is 4.33. The zero-order chi connectivity index (χ0) is 17.7. The number of sulfonamides is 1. The predicted molar refractivity (Wildman–Crippen MR) is 87.2 cm³/mol. The van der Waals surface area contributed by atoms with Crippen molar-refractivity contribution in [2.75, 3.05) is 14.2 Å². The van der Waals surface area contributed by atoms with Crippen LogP contribution < -0.4 is 14.3 Å². The number of phenols is 2. The van der Waals surface area contributed by atoms with Crippen LogP contribution in [0.1, 0.15) is 5.56 Å². The zero-order valence-electron chi connectivity index (χ0n) is 12.9. The van der Waals surface area contributed by atoms with E-state index in [1.807, 2.05) is 4.83 Å². The fourth-order valence-corrected chi connectivity index (χ4v) is 2.84. The molecule has 0 aliphatic heterocycles. The first kappa shape index (κ1) is 17.4. The molecule has 9 heteroatoms. The number of nitrogens with one attached hydrogen (secondary N) is 1. The lowest BCUT2D eigenvalue weighted by Gasteiger charge is -2.10. The molecule has 3 N–H and O–H groups in total. The molecule has 2 aromatic rings. The first-order chi connectivity index (χ1) is 11.4. The first-order valence-corrected chi connectivity index (χ1v) is 8.15. The molecule has 0 radical (unpaired) electrons. The summed E-state index contributed by atoms with van der Waals surface area (Å²) < 4.78 is 34.7. The molecule has 0 saturated carbocycles. The predicted octanol–water partition coefficient (Wildman–Crippen LogP) is 1.43. The van der Waals surface area contributed by atoms with Crippen LogP contribution in [0.5, 0.6) is 23.0 Å². The molecule has 0 spiro atoms. The van der Waals surface area contributed by atoms with Gasteiger partial charge < -0.3 is 19.7 Å². The highest BCUT2D eigenvalue weighted by Gasteiger charge is 2.20. The summed E-state index contributed by atoms with van der Waals surface area (Å²) in [5.74, 6) is -0.278. The summed E-state index contributed by atoms with van der Waals surface area (Å²) in [6.45, 7) is 0. The van der Waals surface area contributed by atoms with Gasteiger partial charge in [-0.1, -0.05) is 6.07 Å². The Morgan fingerprint density at radius 1 is 1.12 bits per heavy atom. The van der Waals surface area contributed by atoms with Gasteiger partial charge in [0.25, 0.3) is 10.0 Å². The Balaban J connectivity index is 2.29. The highest BCUT2D eigenvalue weighted by Crippen LogP contribution is 2.28. The van der Waals surface area contributed by atoms with E-state index in [0.29, 0.717) is 5.75 Å². The Morgan fingerprint density at radius 2 is 1.88 bits per heavy atom. The number of para-hydroxylation sites is 1. The van der Waals surface area contributed by atoms with Gasteiger partial charge in [0, 0.05) is 11.6 Å². The summed E-state index contributed by atoms with van der Waals surface area (Å²) >= 11 is 0. The third kappa shape index (κ3) is 3.69. The summed E-state index contributed by atoms with van der Waals surface area (Å²) in [6, 6.07) is 8.54. The van der Waals surface area contributed by atoms with E-state index in [9.17, 15) is 18.6 Å². The van der Waals surface area contributed by atoms with Crippen molar-refractivity contribution >= 4 is 16.2 Å². The van der Waals surface area contributed by atoms with Crippen molar-refractivity contribution in [3.8, 4) is 23.0 Å². The summed E-state index contributed by atoms with van der Waals surface area (Å²) in [5, 5.41) is 22.6. The van der Waals surface area contributed by atoms with Gasteiger partial charge >= 0.3 is 0 Å². The highest BCUT2D eigenvalue weighted by atomic mass is 32.2. The van der Waals surface area contributed by atoms with E-state index in [-0.39, 0.29) is 22.0 Å². The SMILES string of the molecule is COc1ccc(OC)c(S(=O)(=O)N/N=C\c2cccc(O)c2O)c1. The van der Waals surface area contributed by atoms with Crippen LogP contribution >= 0.6 is 0 Å². The van der Waals surface area contributed by atoms with Gasteiger partial charge in [-0.25, -0.2) is 0 Å². The topological polar surface area (TPSA) is 117 Å². The lowest BCUT2D eigenvalue weighted by atomic mass is 10.2. The quantitative estimate of drug-likeness (QED) is 0.411. The number of hydrogen-bond acceptors (Lipinski definition) is 7. The molecule has 2 aromatic carbocycles. The fourth-order valence-electron chi connectivity index (χ4n) is 1.86. The molecule has 128 valence electrons. The maximum Gasteiger partial charge on any atom is 0.280 e. The second-order valence-corrected chi connectivity index (χ2v) is 6.21. The molecular weight excluding hydrogens is 336 g/mol. The van der Waals surface area contributed by atoms with Gasteiger partial charge in [0.1, 0.15) is 16.4 Å². The Bertz CT molecular complexity index is 864. The van der Waals surface area contributed by atoms with Crippen LogP contribution in [0.15, 0.2) is 46.4 Å². The smallest absolute Gasteiger partial charge is 0.280 e. The van der Waals surface area contributed by atoms with Crippen LogP contribution in [0, 0.1) is 0 Å². The average molecular weight is 352 g/mol. The summed E-state index contributed by atoms with van der Waals surface area (Å²) in [4.78, 5) is 1.86. The van der Waals surface area contributed by atoms with Gasteiger partial charge in [-0.05, 0) is 24.3 Å². The van der Waals surface area contributed by atoms with Gasteiger partial charge in [-0.2, -0.15) is 18.4 Å². The second-order valence-electron chi connectivity index (χ2n) is 4.58. The van der Waals surface area contributed by atoms with Crippen LogP contribution in [0.3, 0.4) is 0 Å². The van der Waals surface area contributed by atoms with Gasteiger partial charge in [0.15, 0.2) is 11.5 Å². The van der Waals surface area contributed by atoms with Crippen LogP contribution in [-0.4, -0.2) is 39.1 Å². The van der Waals surface area contributed by atoms with E-state index < -0.39 is 15.8 Å². The van der Waals surface area contributed by atoms with E-state index >= 15 is 0 Å². The molecule has 0 unspecified atom stereocenters. The van der Waals surface area contributed by atoms with E-state index in [2.05, 4.69) is 5.10 Å². The van der Waals surface area contributed by atoms with E-state index in [1.165, 1.54) is 44.6 Å². The zero-order valence-corrected chi connectivity index (χ0v) is 13.7. The normalized spacial score (nSPS) is 11.4. The van der Waals surface area contributed by atoms with Gasteiger partial charge in [-0.3, -0.25) is 0 Å². The fraction of sp³-hybridized carbons (Fsp3) is 0.133. The standard InChI is InChI=1S/C15H16N2O6S/c1-22-11-6-7-13(23-2)14(8-11)24(20,21)17-16-9-10-4-3-5-12(18)15(10)19/h3-9,17-19H,1-2H3/b16-9-. The molecule has 0 aliphatic carbocycles. The number of rotatable bonds is 6. The average Bonchev–Trinajstić information content (AvgIpc) is 2.58. The lowest BCUT2D eigenvalue weighted by molar-refractivity contribution is 0.392. The maximum absolute atomic E-state index is 12.3. The minimum Gasteiger partial charge on any atom is -0.504 e. The molecule has 8 nitrogen and oxygen atoms in total. The molecule has 0 amide bonds. The number of hydrogen-bond donors (Lipinski definition) is 3. The van der Waals surface area contributed by atoms with Crippen molar-refractivity contribution in [3.05, 3.63) is 42.0 Å². The molecule has 24 heavy (non-hydrogen) atoms. The van der Waals surface area contributed by atoms with Crippen LogP contribution in [0.4, 0.5) is 0 Å². The van der Waals surface area contributed by atoms with Crippen molar-refractivity contribution < 1.29 is 28.1 Å². The number of nitrogens with zero attached hydrogens (tertiary/aromatic N) is 1. The summed E-state index contributed by atoms with van der Waals surface area (Å²) in [6.07, 6.45) is 1.07.